The molecule has 1 amide bonds. The van der Waals surface area contributed by atoms with Crippen LogP contribution in [0, 0.1) is 0 Å². The van der Waals surface area contributed by atoms with Gasteiger partial charge in [0.05, 0.1) is 4.90 Å². The van der Waals surface area contributed by atoms with Crippen LogP contribution >= 0.6 is 0 Å². The van der Waals surface area contributed by atoms with Crippen LogP contribution in [0.15, 0.2) is 59.5 Å². The van der Waals surface area contributed by atoms with Gasteiger partial charge >= 0.3 is 0 Å². The number of benzene rings is 2. The van der Waals surface area contributed by atoms with Gasteiger partial charge < -0.3 is 5.32 Å². The number of hydrogen-bond donors (Lipinski definition) is 2. The molecule has 2 N–H and O–H groups in total. The maximum atomic E-state index is 11.9. The monoisotopic (exact) mass is 277 g/mol. The van der Waals surface area contributed by atoms with Crippen molar-refractivity contribution in [2.45, 2.75) is 4.90 Å². The van der Waals surface area contributed by atoms with Gasteiger partial charge in [0.1, 0.15) is 0 Å². The molecule has 2 rings (SSSR count). The van der Waals surface area contributed by atoms with Crippen LogP contribution in [-0.2, 0) is 10.1 Å². The molecular formula is C13H11NO4S. The minimum absolute atomic E-state index is 0.247. The summed E-state index contributed by atoms with van der Waals surface area (Å²) in [6.07, 6.45) is 0. The van der Waals surface area contributed by atoms with Gasteiger partial charge in [-0.25, -0.2) is 0 Å². The largest absolute Gasteiger partial charge is 0.322 e. The Bertz CT molecular complexity index is 678. The summed E-state index contributed by atoms with van der Waals surface area (Å²) in [6, 6.07) is 13.9. The molecule has 19 heavy (non-hydrogen) atoms. The second kappa shape index (κ2) is 5.21. The van der Waals surface area contributed by atoms with Crippen molar-refractivity contribution in [1.29, 1.82) is 0 Å². The SMILES string of the molecule is O=C(Nc1ccccc1)c1ccc(S(=O)(=O)O)cc1. The topological polar surface area (TPSA) is 83.5 Å². The molecule has 6 heteroatoms. The zero-order chi connectivity index (χ0) is 13.9. The van der Waals surface area contributed by atoms with E-state index in [1.165, 1.54) is 24.3 Å². The molecule has 0 spiro atoms. The number of hydrogen-bond acceptors (Lipinski definition) is 3. The zero-order valence-electron chi connectivity index (χ0n) is 9.78. The summed E-state index contributed by atoms with van der Waals surface area (Å²) in [7, 11) is -4.24. The summed E-state index contributed by atoms with van der Waals surface area (Å²) in [4.78, 5) is 11.6. The lowest BCUT2D eigenvalue weighted by atomic mass is 10.2. The number of anilines is 1. The van der Waals surface area contributed by atoms with E-state index in [0.29, 0.717) is 11.3 Å². The molecule has 2 aromatic rings. The van der Waals surface area contributed by atoms with Gasteiger partial charge in [-0.15, -0.1) is 0 Å². The number of rotatable bonds is 3. The molecule has 0 fully saturated rings. The molecule has 2 aromatic carbocycles. The highest BCUT2D eigenvalue weighted by atomic mass is 32.2. The first-order valence-corrected chi connectivity index (χ1v) is 6.85. The fraction of sp³-hybridized carbons (Fsp3) is 0. The smallest absolute Gasteiger partial charge is 0.294 e. The summed E-state index contributed by atoms with van der Waals surface area (Å²) in [5, 5.41) is 2.67. The summed E-state index contributed by atoms with van der Waals surface area (Å²) in [6.45, 7) is 0. The summed E-state index contributed by atoms with van der Waals surface area (Å²) in [5.74, 6) is -0.354. The Balaban J connectivity index is 2.17. The Hall–Kier alpha value is -2.18. The average molecular weight is 277 g/mol. The van der Waals surface area contributed by atoms with Gasteiger partial charge in [-0.1, -0.05) is 18.2 Å². The standard InChI is InChI=1S/C13H11NO4S/c15-13(14-11-4-2-1-3-5-11)10-6-8-12(9-7-10)19(16,17)18/h1-9H,(H,14,15)(H,16,17,18). The second-order valence-corrected chi connectivity index (χ2v) is 5.24. The molecule has 0 aromatic heterocycles. The molecular weight excluding hydrogens is 266 g/mol. The molecule has 0 bridgehead atoms. The van der Waals surface area contributed by atoms with Gasteiger partial charge in [0, 0.05) is 11.3 Å². The molecule has 0 saturated heterocycles. The Morgan fingerprint density at radius 2 is 1.53 bits per heavy atom. The predicted octanol–water partition coefficient (Wildman–Crippen LogP) is 2.19. The lowest BCUT2D eigenvalue weighted by Gasteiger charge is -2.05. The average Bonchev–Trinajstić information content (AvgIpc) is 2.39. The quantitative estimate of drug-likeness (QED) is 0.842. The van der Waals surface area contributed by atoms with Crippen LogP contribution in [0.2, 0.25) is 0 Å². The van der Waals surface area contributed by atoms with Crippen molar-refractivity contribution in [3.8, 4) is 0 Å². The van der Waals surface area contributed by atoms with Crippen molar-refractivity contribution in [2.24, 2.45) is 0 Å². The van der Waals surface area contributed by atoms with Crippen molar-refractivity contribution >= 4 is 21.7 Å². The fourth-order valence-electron chi connectivity index (χ4n) is 1.50. The van der Waals surface area contributed by atoms with Gasteiger partial charge in [0.2, 0.25) is 0 Å². The van der Waals surface area contributed by atoms with Gasteiger partial charge in [-0.3, -0.25) is 9.35 Å². The zero-order valence-corrected chi connectivity index (χ0v) is 10.6. The molecule has 0 radical (unpaired) electrons. The second-order valence-electron chi connectivity index (χ2n) is 3.82. The summed E-state index contributed by atoms with van der Waals surface area (Å²) in [5.41, 5.74) is 0.947. The van der Waals surface area contributed by atoms with E-state index in [1.54, 1.807) is 24.3 Å². The molecule has 0 unspecified atom stereocenters. The number of nitrogens with one attached hydrogen (secondary N) is 1. The Labute approximate surface area is 110 Å². The van der Waals surface area contributed by atoms with Gasteiger partial charge in [-0.05, 0) is 36.4 Å². The first kappa shape index (κ1) is 13.3. The third kappa shape index (κ3) is 3.40. The first-order valence-electron chi connectivity index (χ1n) is 5.41. The van der Waals surface area contributed by atoms with E-state index in [-0.39, 0.29) is 10.8 Å². The number of carbonyl (C=O) groups is 1. The molecule has 0 atom stereocenters. The third-order valence-electron chi connectivity index (χ3n) is 2.45. The highest BCUT2D eigenvalue weighted by Crippen LogP contribution is 2.12. The van der Waals surface area contributed by atoms with Crippen LogP contribution in [0.25, 0.3) is 0 Å². The molecule has 0 heterocycles. The van der Waals surface area contributed by atoms with Crippen molar-refractivity contribution in [3.05, 3.63) is 60.2 Å². The molecule has 0 aliphatic carbocycles. The van der Waals surface area contributed by atoms with E-state index >= 15 is 0 Å². The van der Waals surface area contributed by atoms with Crippen molar-refractivity contribution < 1.29 is 17.8 Å². The van der Waals surface area contributed by atoms with E-state index < -0.39 is 10.1 Å². The maximum Gasteiger partial charge on any atom is 0.294 e. The number of amides is 1. The minimum atomic E-state index is -4.24. The van der Waals surface area contributed by atoms with E-state index in [1.807, 2.05) is 6.07 Å². The lowest BCUT2D eigenvalue weighted by Crippen LogP contribution is -2.12. The van der Waals surface area contributed by atoms with Gasteiger partial charge in [-0.2, -0.15) is 8.42 Å². The highest BCUT2D eigenvalue weighted by molar-refractivity contribution is 7.85. The van der Waals surface area contributed by atoms with Crippen LogP contribution in [0.3, 0.4) is 0 Å². The Morgan fingerprint density at radius 1 is 0.947 bits per heavy atom. The Kier molecular flexibility index (Phi) is 3.64. The third-order valence-corrected chi connectivity index (χ3v) is 3.31. The normalized spacial score (nSPS) is 11.0. The maximum absolute atomic E-state index is 11.9. The van der Waals surface area contributed by atoms with Crippen LogP contribution in [0.1, 0.15) is 10.4 Å². The number of carbonyl (C=O) groups excluding carboxylic acids is 1. The van der Waals surface area contributed by atoms with Crippen molar-refractivity contribution in [1.82, 2.24) is 0 Å². The molecule has 0 saturated carbocycles. The highest BCUT2D eigenvalue weighted by Gasteiger charge is 2.11. The minimum Gasteiger partial charge on any atom is -0.322 e. The predicted molar refractivity (Wildman–Crippen MR) is 70.7 cm³/mol. The summed E-state index contributed by atoms with van der Waals surface area (Å²) >= 11 is 0. The number of para-hydroxylation sites is 1. The fourth-order valence-corrected chi connectivity index (χ4v) is 1.98. The molecule has 5 nitrogen and oxygen atoms in total. The Morgan fingerprint density at radius 3 is 2.05 bits per heavy atom. The van der Waals surface area contributed by atoms with Crippen molar-refractivity contribution in [3.63, 3.8) is 0 Å². The van der Waals surface area contributed by atoms with E-state index in [4.69, 9.17) is 4.55 Å². The van der Waals surface area contributed by atoms with Crippen LogP contribution < -0.4 is 5.32 Å². The molecule has 0 aliphatic heterocycles. The van der Waals surface area contributed by atoms with Crippen LogP contribution in [-0.4, -0.2) is 18.9 Å². The lowest BCUT2D eigenvalue weighted by molar-refractivity contribution is 0.102. The van der Waals surface area contributed by atoms with Crippen LogP contribution in [0.5, 0.6) is 0 Å². The molecule has 98 valence electrons. The van der Waals surface area contributed by atoms with Crippen LogP contribution in [0.4, 0.5) is 5.69 Å². The molecule has 0 aliphatic rings. The van der Waals surface area contributed by atoms with E-state index in [2.05, 4.69) is 5.32 Å². The van der Waals surface area contributed by atoms with E-state index in [0.717, 1.165) is 0 Å². The van der Waals surface area contributed by atoms with Gasteiger partial charge in [0.15, 0.2) is 0 Å². The summed E-state index contributed by atoms with van der Waals surface area (Å²) < 4.78 is 30.5. The van der Waals surface area contributed by atoms with Gasteiger partial charge in [0.25, 0.3) is 16.0 Å². The van der Waals surface area contributed by atoms with Crippen molar-refractivity contribution in [2.75, 3.05) is 5.32 Å². The van der Waals surface area contributed by atoms with E-state index in [9.17, 15) is 13.2 Å². The first-order chi connectivity index (χ1) is 8.97.